The average molecular weight is 191 g/mol. The number of amides is 1. The van der Waals surface area contributed by atoms with Crippen LogP contribution in [-0.2, 0) is 4.79 Å². The number of fused-ring (bicyclic) bond motifs is 1. The maximum Gasteiger partial charge on any atom is 0.269 e. The van der Waals surface area contributed by atoms with Gasteiger partial charge in [0.1, 0.15) is 12.2 Å². The maximum absolute atomic E-state index is 11.6. The van der Waals surface area contributed by atoms with Crippen molar-refractivity contribution in [2.24, 2.45) is 5.73 Å². The molecule has 2 aliphatic rings. The van der Waals surface area contributed by atoms with Gasteiger partial charge < -0.3 is 11.1 Å². The first-order chi connectivity index (χ1) is 6.65. The van der Waals surface area contributed by atoms with Gasteiger partial charge in [0.15, 0.2) is 0 Å². The summed E-state index contributed by atoms with van der Waals surface area (Å²) in [6.07, 6.45) is 1.19. The molecule has 6 nitrogen and oxygen atoms in total. The Hall–Kier alpha value is -2.00. The molecule has 2 aliphatic heterocycles. The molecule has 1 saturated heterocycles. The van der Waals surface area contributed by atoms with Crippen LogP contribution in [0.2, 0.25) is 0 Å². The fourth-order valence-electron chi connectivity index (χ4n) is 1.49. The topological polar surface area (TPSA) is 94.2 Å². The molecule has 0 aromatic heterocycles. The van der Waals surface area contributed by atoms with Gasteiger partial charge in [0.2, 0.25) is 0 Å². The minimum absolute atomic E-state index is 0.208. The number of nitrogens with zero attached hydrogens (tertiary/aromatic N) is 2. The monoisotopic (exact) mass is 191 g/mol. The summed E-state index contributed by atoms with van der Waals surface area (Å²) >= 11 is 0. The number of nitrogens with one attached hydrogen (secondary N) is 2. The molecule has 0 saturated carbocycles. The largest absolute Gasteiger partial charge is 0.397 e. The summed E-state index contributed by atoms with van der Waals surface area (Å²) < 4.78 is 0. The van der Waals surface area contributed by atoms with Crippen molar-refractivity contribution < 1.29 is 4.79 Å². The molecule has 0 aromatic carbocycles. The number of nitrogens with two attached hydrogens (primary N) is 1. The van der Waals surface area contributed by atoms with E-state index in [0.717, 1.165) is 0 Å². The van der Waals surface area contributed by atoms with Crippen LogP contribution in [-0.4, -0.2) is 24.1 Å². The fourth-order valence-corrected chi connectivity index (χ4v) is 1.49. The van der Waals surface area contributed by atoms with E-state index in [1.807, 2.05) is 6.07 Å². The molecule has 0 aliphatic carbocycles. The Morgan fingerprint density at radius 2 is 2.43 bits per heavy atom. The van der Waals surface area contributed by atoms with Crippen LogP contribution < -0.4 is 16.5 Å². The quantitative estimate of drug-likeness (QED) is 0.434. The van der Waals surface area contributed by atoms with Crippen molar-refractivity contribution in [2.45, 2.75) is 6.17 Å². The SMILES string of the molecule is CN1NC2NC=C(C#N)C(N)=C2C1=O. The highest BCUT2D eigenvalue weighted by molar-refractivity contribution is 5.98. The lowest BCUT2D eigenvalue weighted by atomic mass is 10.0. The Balaban J connectivity index is 2.48. The Morgan fingerprint density at radius 1 is 1.71 bits per heavy atom. The second kappa shape index (κ2) is 2.75. The van der Waals surface area contributed by atoms with E-state index in [0.29, 0.717) is 11.1 Å². The van der Waals surface area contributed by atoms with Gasteiger partial charge in [0.25, 0.3) is 5.91 Å². The second-order valence-electron chi connectivity index (χ2n) is 3.09. The molecule has 0 aromatic rings. The molecule has 2 rings (SSSR count). The standard InChI is InChI=1S/C8H9N5O/c1-13-8(14)5-6(10)4(2-9)3-11-7(5)12-13/h3,7,11-12H,10H2,1H3. The highest BCUT2D eigenvalue weighted by Crippen LogP contribution is 2.21. The van der Waals surface area contributed by atoms with Crippen LogP contribution in [0.25, 0.3) is 0 Å². The van der Waals surface area contributed by atoms with Gasteiger partial charge in [-0.3, -0.25) is 9.80 Å². The van der Waals surface area contributed by atoms with Crippen molar-refractivity contribution in [3.63, 3.8) is 0 Å². The Labute approximate surface area is 80.6 Å². The minimum Gasteiger partial charge on any atom is -0.397 e. The Bertz CT molecular complexity index is 402. The molecule has 1 unspecified atom stereocenters. The lowest BCUT2D eigenvalue weighted by Gasteiger charge is -2.17. The summed E-state index contributed by atoms with van der Waals surface area (Å²) in [4.78, 5) is 11.6. The van der Waals surface area contributed by atoms with Gasteiger partial charge in [-0.05, 0) is 0 Å². The molecule has 14 heavy (non-hydrogen) atoms. The van der Waals surface area contributed by atoms with E-state index in [2.05, 4.69) is 10.7 Å². The molecule has 0 radical (unpaired) electrons. The van der Waals surface area contributed by atoms with Gasteiger partial charge in [0.05, 0.1) is 16.8 Å². The molecule has 2 heterocycles. The predicted octanol–water partition coefficient (Wildman–Crippen LogP) is -1.49. The first kappa shape index (κ1) is 8.59. The summed E-state index contributed by atoms with van der Waals surface area (Å²) in [5.74, 6) is -0.208. The summed E-state index contributed by atoms with van der Waals surface area (Å²) in [6, 6.07) is 1.92. The van der Waals surface area contributed by atoms with Crippen LogP contribution >= 0.6 is 0 Å². The van der Waals surface area contributed by atoms with Crippen LogP contribution in [0.15, 0.2) is 23.0 Å². The van der Waals surface area contributed by atoms with Gasteiger partial charge in [-0.25, -0.2) is 5.43 Å². The fraction of sp³-hybridized carbons (Fsp3) is 0.250. The number of allylic oxidation sites excluding steroid dienone is 1. The van der Waals surface area contributed by atoms with Gasteiger partial charge in [-0.1, -0.05) is 0 Å². The zero-order valence-corrected chi connectivity index (χ0v) is 7.53. The third kappa shape index (κ3) is 0.963. The highest BCUT2D eigenvalue weighted by atomic mass is 16.2. The summed E-state index contributed by atoms with van der Waals surface area (Å²) in [5.41, 5.74) is 9.50. The molecule has 1 atom stereocenters. The van der Waals surface area contributed by atoms with Crippen LogP contribution in [0.4, 0.5) is 0 Å². The van der Waals surface area contributed by atoms with Gasteiger partial charge in [-0.2, -0.15) is 5.26 Å². The van der Waals surface area contributed by atoms with Crippen molar-refractivity contribution in [3.05, 3.63) is 23.0 Å². The summed E-state index contributed by atoms with van der Waals surface area (Å²) in [5, 5.41) is 12.9. The van der Waals surface area contributed by atoms with Crippen LogP contribution in [0.3, 0.4) is 0 Å². The van der Waals surface area contributed by atoms with Crippen LogP contribution in [0.5, 0.6) is 0 Å². The third-order valence-electron chi connectivity index (χ3n) is 2.24. The number of nitriles is 1. The first-order valence-electron chi connectivity index (χ1n) is 4.05. The minimum atomic E-state index is -0.315. The lowest BCUT2D eigenvalue weighted by molar-refractivity contribution is -0.125. The lowest BCUT2D eigenvalue weighted by Crippen LogP contribution is -2.42. The van der Waals surface area contributed by atoms with Crippen LogP contribution in [0.1, 0.15) is 0 Å². The molecule has 72 valence electrons. The highest BCUT2D eigenvalue weighted by Gasteiger charge is 2.37. The smallest absolute Gasteiger partial charge is 0.269 e. The van der Waals surface area contributed by atoms with E-state index >= 15 is 0 Å². The van der Waals surface area contributed by atoms with Crippen molar-refractivity contribution in [1.82, 2.24) is 15.8 Å². The summed E-state index contributed by atoms with van der Waals surface area (Å²) in [6.45, 7) is 0. The van der Waals surface area contributed by atoms with Gasteiger partial charge >= 0.3 is 0 Å². The zero-order valence-electron chi connectivity index (χ0n) is 7.53. The van der Waals surface area contributed by atoms with Crippen molar-refractivity contribution in [1.29, 1.82) is 5.26 Å². The second-order valence-corrected chi connectivity index (χ2v) is 3.09. The van der Waals surface area contributed by atoms with Crippen LogP contribution in [0, 0.1) is 11.3 Å². The first-order valence-corrected chi connectivity index (χ1v) is 4.05. The van der Waals surface area contributed by atoms with Crippen molar-refractivity contribution in [2.75, 3.05) is 7.05 Å². The maximum atomic E-state index is 11.6. The van der Waals surface area contributed by atoms with E-state index in [9.17, 15) is 4.79 Å². The number of carbonyl (C=O) groups excluding carboxylic acids is 1. The molecule has 0 bridgehead atoms. The molecule has 6 heteroatoms. The van der Waals surface area contributed by atoms with E-state index in [4.69, 9.17) is 11.0 Å². The van der Waals surface area contributed by atoms with E-state index < -0.39 is 0 Å². The molecule has 1 fully saturated rings. The molecular weight excluding hydrogens is 182 g/mol. The number of hydrogen-bond donors (Lipinski definition) is 3. The Morgan fingerprint density at radius 3 is 3.07 bits per heavy atom. The van der Waals surface area contributed by atoms with Gasteiger partial charge in [0, 0.05) is 13.2 Å². The van der Waals surface area contributed by atoms with Crippen molar-refractivity contribution >= 4 is 5.91 Å². The van der Waals surface area contributed by atoms with E-state index in [1.165, 1.54) is 11.2 Å². The summed E-state index contributed by atoms with van der Waals surface area (Å²) in [7, 11) is 1.61. The predicted molar refractivity (Wildman–Crippen MR) is 47.7 cm³/mol. The number of rotatable bonds is 0. The number of hydrazine groups is 1. The van der Waals surface area contributed by atoms with Gasteiger partial charge in [-0.15, -0.1) is 0 Å². The number of likely N-dealkylation sites (N-methyl/N-ethyl adjacent to an activating group) is 1. The Kier molecular flexibility index (Phi) is 1.69. The zero-order chi connectivity index (χ0) is 10.3. The number of dihydropyridines is 1. The third-order valence-corrected chi connectivity index (χ3v) is 2.24. The molecule has 1 amide bonds. The normalized spacial score (nSPS) is 25.4. The number of carbonyl (C=O) groups is 1. The van der Waals surface area contributed by atoms with E-state index in [1.54, 1.807) is 7.05 Å². The molecule has 4 N–H and O–H groups in total. The average Bonchev–Trinajstić information content (AvgIpc) is 2.44. The molecule has 0 spiro atoms. The number of hydrogen-bond acceptors (Lipinski definition) is 5. The van der Waals surface area contributed by atoms with E-state index in [-0.39, 0.29) is 17.8 Å². The van der Waals surface area contributed by atoms with Crippen molar-refractivity contribution in [3.8, 4) is 6.07 Å². The molecular formula is C8H9N5O.